The number of rotatable bonds is 3. The molecule has 1 atom stereocenters. The smallest absolute Gasteiger partial charge is 0.337 e. The minimum absolute atomic E-state index is 0.000278. The molecule has 0 heterocycles. The summed E-state index contributed by atoms with van der Waals surface area (Å²) in [5.41, 5.74) is 0.172. The van der Waals surface area contributed by atoms with Gasteiger partial charge >= 0.3 is 5.97 Å². The third-order valence-electron chi connectivity index (χ3n) is 2.08. The lowest BCUT2D eigenvalue weighted by molar-refractivity contribution is -0.147. The maximum absolute atomic E-state index is 12.3. The van der Waals surface area contributed by atoms with Crippen LogP contribution in [0.3, 0.4) is 0 Å². The van der Waals surface area contributed by atoms with E-state index in [-0.39, 0.29) is 11.1 Å². The van der Waals surface area contributed by atoms with E-state index in [4.69, 9.17) is 5.11 Å². The second-order valence-corrected chi connectivity index (χ2v) is 3.16. The highest BCUT2D eigenvalue weighted by atomic mass is 19.3. The van der Waals surface area contributed by atoms with Crippen LogP contribution in [0.25, 0.3) is 0 Å². The number of benzene rings is 1. The van der Waals surface area contributed by atoms with E-state index in [2.05, 4.69) is 0 Å². The van der Waals surface area contributed by atoms with Gasteiger partial charge in [-0.25, -0.2) is 13.6 Å². The molecule has 1 unspecified atom stereocenters. The Balaban J connectivity index is 3.16. The fraction of sp³-hybridized carbons (Fsp3) is 0.300. The lowest BCUT2D eigenvalue weighted by Crippen LogP contribution is -2.12. The number of aliphatic carboxylic acids is 1. The highest BCUT2D eigenvalue weighted by Crippen LogP contribution is 2.25. The summed E-state index contributed by atoms with van der Waals surface area (Å²) in [6, 6.07) is 3.58. The van der Waals surface area contributed by atoms with Gasteiger partial charge in [-0.2, -0.15) is 0 Å². The monoisotopic (exact) mass is 216 g/mol. The average molecular weight is 216 g/mol. The molecule has 0 fully saturated rings. The van der Waals surface area contributed by atoms with Gasteiger partial charge in [-0.15, -0.1) is 0 Å². The summed E-state index contributed by atoms with van der Waals surface area (Å²) in [4.78, 5) is 10.5. The van der Waals surface area contributed by atoms with Gasteiger partial charge in [0.2, 0.25) is 0 Å². The van der Waals surface area contributed by atoms with Crippen LogP contribution in [-0.4, -0.2) is 16.2 Å². The topological polar surface area (TPSA) is 57.5 Å². The van der Waals surface area contributed by atoms with Crippen molar-refractivity contribution in [2.75, 3.05) is 0 Å². The number of carboxylic acids is 1. The van der Waals surface area contributed by atoms with Crippen LogP contribution in [0, 0.1) is 6.92 Å². The predicted octanol–water partition coefficient (Wildman–Crippen LogP) is 2.05. The SMILES string of the molecule is Cc1ccc(C(F)F)cc1C(O)C(=O)O. The number of halogens is 2. The van der Waals surface area contributed by atoms with Gasteiger partial charge in [0, 0.05) is 5.56 Å². The van der Waals surface area contributed by atoms with Crippen LogP contribution in [0.2, 0.25) is 0 Å². The zero-order valence-electron chi connectivity index (χ0n) is 7.95. The molecule has 82 valence electrons. The van der Waals surface area contributed by atoms with Crippen LogP contribution in [0.5, 0.6) is 0 Å². The first-order valence-electron chi connectivity index (χ1n) is 4.23. The average Bonchev–Trinajstić information content (AvgIpc) is 2.16. The number of hydrogen-bond acceptors (Lipinski definition) is 2. The molecule has 3 nitrogen and oxygen atoms in total. The molecule has 1 aromatic rings. The van der Waals surface area contributed by atoms with Crippen LogP contribution >= 0.6 is 0 Å². The molecule has 0 aliphatic heterocycles. The van der Waals surface area contributed by atoms with Crippen molar-refractivity contribution in [2.45, 2.75) is 19.5 Å². The van der Waals surface area contributed by atoms with Crippen molar-refractivity contribution in [1.29, 1.82) is 0 Å². The molecule has 1 rings (SSSR count). The van der Waals surface area contributed by atoms with Crippen LogP contribution in [0.1, 0.15) is 29.2 Å². The van der Waals surface area contributed by atoms with Gasteiger partial charge in [0.25, 0.3) is 6.43 Å². The van der Waals surface area contributed by atoms with Gasteiger partial charge in [0.1, 0.15) is 0 Å². The molecule has 5 heteroatoms. The van der Waals surface area contributed by atoms with E-state index in [1.165, 1.54) is 12.1 Å². The Morgan fingerprint density at radius 3 is 2.47 bits per heavy atom. The predicted molar refractivity (Wildman–Crippen MR) is 48.7 cm³/mol. The largest absolute Gasteiger partial charge is 0.479 e. The zero-order chi connectivity index (χ0) is 11.6. The first-order chi connectivity index (χ1) is 6.93. The third-order valence-corrected chi connectivity index (χ3v) is 2.08. The first-order valence-corrected chi connectivity index (χ1v) is 4.23. The van der Waals surface area contributed by atoms with Crippen LogP contribution in [0.15, 0.2) is 18.2 Å². The van der Waals surface area contributed by atoms with Crippen molar-refractivity contribution in [2.24, 2.45) is 0 Å². The Hall–Kier alpha value is -1.49. The number of aliphatic hydroxyl groups excluding tert-OH is 1. The number of aliphatic hydroxyl groups is 1. The lowest BCUT2D eigenvalue weighted by atomic mass is 10.0. The lowest BCUT2D eigenvalue weighted by Gasteiger charge is -2.11. The van der Waals surface area contributed by atoms with Crippen molar-refractivity contribution in [3.8, 4) is 0 Å². The van der Waals surface area contributed by atoms with Gasteiger partial charge in [0.15, 0.2) is 6.10 Å². The minimum atomic E-state index is -2.68. The summed E-state index contributed by atoms with van der Waals surface area (Å²) in [6.45, 7) is 1.55. The molecule has 0 radical (unpaired) electrons. The molecule has 0 saturated carbocycles. The normalized spacial score (nSPS) is 12.9. The maximum Gasteiger partial charge on any atom is 0.337 e. The fourth-order valence-corrected chi connectivity index (χ4v) is 1.22. The van der Waals surface area contributed by atoms with Gasteiger partial charge in [-0.3, -0.25) is 0 Å². The van der Waals surface area contributed by atoms with E-state index < -0.39 is 18.5 Å². The maximum atomic E-state index is 12.3. The van der Waals surface area contributed by atoms with Crippen LogP contribution in [-0.2, 0) is 4.79 Å². The van der Waals surface area contributed by atoms with Crippen molar-refractivity contribution in [3.63, 3.8) is 0 Å². The standard InChI is InChI=1S/C10H10F2O3/c1-5-2-3-6(9(11)12)4-7(5)8(13)10(14)15/h2-4,8-9,13H,1H3,(H,14,15). The Kier molecular flexibility index (Phi) is 3.36. The van der Waals surface area contributed by atoms with Crippen molar-refractivity contribution < 1.29 is 23.8 Å². The van der Waals surface area contributed by atoms with E-state index in [0.717, 1.165) is 6.07 Å². The quantitative estimate of drug-likeness (QED) is 0.812. The summed E-state index contributed by atoms with van der Waals surface area (Å²) in [6.07, 6.45) is -4.44. The van der Waals surface area contributed by atoms with Gasteiger partial charge in [-0.05, 0) is 24.1 Å². The van der Waals surface area contributed by atoms with Crippen LogP contribution < -0.4 is 0 Å². The summed E-state index contributed by atoms with van der Waals surface area (Å²) in [7, 11) is 0. The third kappa shape index (κ3) is 2.50. The molecule has 0 spiro atoms. The van der Waals surface area contributed by atoms with Crippen LogP contribution in [0.4, 0.5) is 8.78 Å². The second-order valence-electron chi connectivity index (χ2n) is 3.16. The van der Waals surface area contributed by atoms with E-state index in [9.17, 15) is 18.7 Å². The van der Waals surface area contributed by atoms with Gasteiger partial charge in [0.05, 0.1) is 0 Å². The molecular weight excluding hydrogens is 206 g/mol. The molecule has 0 aromatic heterocycles. The van der Waals surface area contributed by atoms with E-state index in [1.807, 2.05) is 0 Å². The van der Waals surface area contributed by atoms with Crippen molar-refractivity contribution in [3.05, 3.63) is 34.9 Å². The molecule has 0 bridgehead atoms. The molecule has 1 aromatic carbocycles. The zero-order valence-corrected chi connectivity index (χ0v) is 7.95. The van der Waals surface area contributed by atoms with E-state index in [1.54, 1.807) is 6.92 Å². The van der Waals surface area contributed by atoms with E-state index in [0.29, 0.717) is 5.56 Å². The number of carboxylic acid groups (broad SMARTS) is 1. The summed E-state index contributed by atoms with van der Waals surface area (Å²) < 4.78 is 24.6. The number of carbonyl (C=O) groups is 1. The Morgan fingerprint density at radius 2 is 2.00 bits per heavy atom. The molecule has 0 saturated heterocycles. The Morgan fingerprint density at radius 1 is 1.40 bits per heavy atom. The van der Waals surface area contributed by atoms with Gasteiger partial charge in [-0.1, -0.05) is 12.1 Å². The first kappa shape index (κ1) is 11.6. The fourth-order valence-electron chi connectivity index (χ4n) is 1.22. The van der Waals surface area contributed by atoms with E-state index >= 15 is 0 Å². The molecule has 0 aliphatic rings. The number of aryl methyl sites for hydroxylation is 1. The summed E-state index contributed by atoms with van der Waals surface area (Å²) >= 11 is 0. The van der Waals surface area contributed by atoms with Crippen molar-refractivity contribution in [1.82, 2.24) is 0 Å². The molecule has 2 N–H and O–H groups in total. The minimum Gasteiger partial charge on any atom is -0.479 e. The molecule has 0 amide bonds. The van der Waals surface area contributed by atoms with Gasteiger partial charge < -0.3 is 10.2 Å². The highest BCUT2D eigenvalue weighted by Gasteiger charge is 2.20. The summed E-state index contributed by atoms with van der Waals surface area (Å²) in [5, 5.41) is 17.8. The number of hydrogen-bond donors (Lipinski definition) is 2. The second kappa shape index (κ2) is 4.35. The van der Waals surface area contributed by atoms with Crippen molar-refractivity contribution >= 4 is 5.97 Å². The molecule has 15 heavy (non-hydrogen) atoms. The molecular formula is C10H10F2O3. The number of alkyl halides is 2. The summed E-state index contributed by atoms with van der Waals surface area (Å²) in [5.74, 6) is -1.45. The molecule has 0 aliphatic carbocycles. The Labute approximate surface area is 85.0 Å². The highest BCUT2D eigenvalue weighted by molar-refractivity contribution is 5.74. The Bertz CT molecular complexity index is 377.